The number of aromatic nitrogens is 1. The standard InChI is InChI=1S/C10H11Cl2NO2S/c1-3-14-10(16)6(2)15-7-4-8(11)13-9(12)5-7/h4-6H,3H2,1-2H3. The third-order valence-electron chi connectivity index (χ3n) is 1.67. The maximum Gasteiger partial charge on any atom is 0.200 e. The highest BCUT2D eigenvalue weighted by molar-refractivity contribution is 7.80. The van der Waals surface area contributed by atoms with Crippen molar-refractivity contribution in [1.82, 2.24) is 4.98 Å². The number of hydrogen-bond donors (Lipinski definition) is 0. The maximum absolute atomic E-state index is 5.73. The molecule has 0 fully saturated rings. The van der Waals surface area contributed by atoms with E-state index in [1.165, 1.54) is 0 Å². The van der Waals surface area contributed by atoms with Crippen molar-refractivity contribution in [3.05, 3.63) is 22.4 Å². The van der Waals surface area contributed by atoms with Crippen LogP contribution in [0.1, 0.15) is 13.8 Å². The van der Waals surface area contributed by atoms with Crippen molar-refractivity contribution in [3.8, 4) is 5.75 Å². The van der Waals surface area contributed by atoms with E-state index in [0.29, 0.717) is 17.4 Å². The lowest BCUT2D eigenvalue weighted by Gasteiger charge is -2.15. The number of pyridine rings is 1. The van der Waals surface area contributed by atoms with E-state index in [1.807, 2.05) is 6.92 Å². The minimum atomic E-state index is -0.343. The molecule has 0 amide bonds. The van der Waals surface area contributed by atoms with Crippen molar-refractivity contribution in [1.29, 1.82) is 0 Å². The van der Waals surface area contributed by atoms with Crippen LogP contribution in [0.5, 0.6) is 5.75 Å². The highest BCUT2D eigenvalue weighted by atomic mass is 35.5. The summed E-state index contributed by atoms with van der Waals surface area (Å²) in [6, 6.07) is 3.14. The number of thiocarbonyl (C=S) groups is 1. The van der Waals surface area contributed by atoms with Crippen LogP contribution in [-0.4, -0.2) is 22.7 Å². The molecule has 0 saturated heterocycles. The summed E-state index contributed by atoms with van der Waals surface area (Å²) in [5.74, 6) is 0.513. The van der Waals surface area contributed by atoms with E-state index in [1.54, 1.807) is 19.1 Å². The Hall–Kier alpha value is -0.580. The summed E-state index contributed by atoms with van der Waals surface area (Å²) < 4.78 is 10.7. The van der Waals surface area contributed by atoms with Crippen molar-refractivity contribution in [3.63, 3.8) is 0 Å². The molecule has 0 aliphatic carbocycles. The maximum atomic E-state index is 5.73. The van der Waals surface area contributed by atoms with Gasteiger partial charge in [-0.05, 0) is 26.1 Å². The highest BCUT2D eigenvalue weighted by Crippen LogP contribution is 2.21. The Balaban J connectivity index is 2.69. The van der Waals surface area contributed by atoms with Crippen LogP contribution < -0.4 is 4.74 Å². The lowest BCUT2D eigenvalue weighted by molar-refractivity contribution is 0.230. The summed E-state index contributed by atoms with van der Waals surface area (Å²) in [6.45, 7) is 4.17. The first-order valence-corrected chi connectivity index (χ1v) is 5.85. The third kappa shape index (κ3) is 4.12. The Morgan fingerprint density at radius 2 is 2.00 bits per heavy atom. The van der Waals surface area contributed by atoms with Crippen molar-refractivity contribution in [2.45, 2.75) is 20.0 Å². The van der Waals surface area contributed by atoms with Crippen LogP contribution >= 0.6 is 35.4 Å². The quantitative estimate of drug-likeness (QED) is 0.623. The molecule has 1 unspecified atom stereocenters. The van der Waals surface area contributed by atoms with Gasteiger partial charge in [0.25, 0.3) is 0 Å². The second kappa shape index (κ2) is 6.23. The molecule has 0 radical (unpaired) electrons. The topological polar surface area (TPSA) is 31.4 Å². The molecular weight excluding hydrogens is 269 g/mol. The van der Waals surface area contributed by atoms with E-state index >= 15 is 0 Å². The minimum Gasteiger partial charge on any atom is -0.484 e. The molecule has 0 saturated carbocycles. The van der Waals surface area contributed by atoms with Crippen LogP contribution in [-0.2, 0) is 4.74 Å². The molecule has 0 aliphatic rings. The zero-order valence-electron chi connectivity index (χ0n) is 8.87. The largest absolute Gasteiger partial charge is 0.484 e. The number of halogens is 2. The second-order valence-electron chi connectivity index (χ2n) is 2.96. The monoisotopic (exact) mass is 279 g/mol. The van der Waals surface area contributed by atoms with Gasteiger partial charge in [0, 0.05) is 12.1 Å². The van der Waals surface area contributed by atoms with Gasteiger partial charge in [-0.1, -0.05) is 23.2 Å². The molecule has 88 valence electrons. The Morgan fingerprint density at radius 3 is 2.50 bits per heavy atom. The van der Waals surface area contributed by atoms with E-state index in [0.717, 1.165) is 0 Å². The number of nitrogens with zero attached hydrogens (tertiary/aromatic N) is 1. The van der Waals surface area contributed by atoms with E-state index in [-0.39, 0.29) is 16.4 Å². The lowest BCUT2D eigenvalue weighted by Crippen LogP contribution is -2.24. The first-order chi connectivity index (χ1) is 7.52. The van der Waals surface area contributed by atoms with Crippen LogP contribution in [0.3, 0.4) is 0 Å². The lowest BCUT2D eigenvalue weighted by atomic mass is 10.4. The summed E-state index contributed by atoms with van der Waals surface area (Å²) in [7, 11) is 0. The molecular formula is C10H11Cl2NO2S. The molecule has 0 spiro atoms. The molecule has 0 bridgehead atoms. The van der Waals surface area contributed by atoms with Crippen molar-refractivity contribution >= 4 is 40.5 Å². The fourth-order valence-electron chi connectivity index (χ4n) is 1.02. The normalized spacial score (nSPS) is 12.0. The van der Waals surface area contributed by atoms with E-state index < -0.39 is 0 Å². The summed E-state index contributed by atoms with van der Waals surface area (Å²) in [4.78, 5) is 3.81. The fraction of sp³-hybridized carbons (Fsp3) is 0.400. The molecule has 1 rings (SSSR count). The molecule has 0 N–H and O–H groups in total. The van der Waals surface area contributed by atoms with Gasteiger partial charge in [-0.2, -0.15) is 0 Å². The third-order valence-corrected chi connectivity index (χ3v) is 2.50. The average Bonchev–Trinajstić information content (AvgIpc) is 2.16. The molecule has 6 heteroatoms. The van der Waals surface area contributed by atoms with E-state index in [9.17, 15) is 0 Å². The van der Waals surface area contributed by atoms with Gasteiger partial charge in [0.1, 0.15) is 16.1 Å². The zero-order valence-corrected chi connectivity index (χ0v) is 11.2. The van der Waals surface area contributed by atoms with Gasteiger partial charge in [-0.25, -0.2) is 4.98 Å². The number of ether oxygens (including phenoxy) is 2. The number of rotatable bonds is 4. The van der Waals surface area contributed by atoms with E-state index in [4.69, 9.17) is 44.9 Å². The molecule has 0 aromatic carbocycles. The molecule has 16 heavy (non-hydrogen) atoms. The Kier molecular flexibility index (Phi) is 5.25. The minimum absolute atomic E-state index is 0.275. The van der Waals surface area contributed by atoms with Crippen molar-refractivity contribution in [2.24, 2.45) is 0 Å². The molecule has 1 heterocycles. The summed E-state index contributed by atoms with van der Waals surface area (Å²) >= 11 is 16.5. The van der Waals surface area contributed by atoms with Crippen molar-refractivity contribution < 1.29 is 9.47 Å². The van der Waals surface area contributed by atoms with Gasteiger partial charge in [0.2, 0.25) is 5.05 Å². The SMILES string of the molecule is CCOC(=S)C(C)Oc1cc(Cl)nc(Cl)c1. The molecule has 1 atom stereocenters. The summed E-state index contributed by atoms with van der Waals surface area (Å²) in [5.41, 5.74) is 0. The summed E-state index contributed by atoms with van der Waals surface area (Å²) in [6.07, 6.45) is -0.343. The molecule has 1 aromatic rings. The Morgan fingerprint density at radius 1 is 1.44 bits per heavy atom. The molecule has 3 nitrogen and oxygen atoms in total. The average molecular weight is 280 g/mol. The Labute approximate surface area is 110 Å². The molecule has 0 aliphatic heterocycles. The first-order valence-electron chi connectivity index (χ1n) is 4.69. The van der Waals surface area contributed by atoms with Crippen LogP contribution in [0.15, 0.2) is 12.1 Å². The van der Waals surface area contributed by atoms with Gasteiger partial charge >= 0.3 is 0 Å². The predicted molar refractivity (Wildman–Crippen MR) is 68.6 cm³/mol. The van der Waals surface area contributed by atoms with Crippen LogP contribution in [0.2, 0.25) is 10.3 Å². The second-order valence-corrected chi connectivity index (χ2v) is 4.14. The molecule has 1 aromatic heterocycles. The highest BCUT2D eigenvalue weighted by Gasteiger charge is 2.12. The van der Waals surface area contributed by atoms with Crippen LogP contribution in [0.25, 0.3) is 0 Å². The Bertz CT molecular complexity index is 367. The predicted octanol–water partition coefficient (Wildman–Crippen LogP) is 3.52. The van der Waals surface area contributed by atoms with Gasteiger partial charge in [0.05, 0.1) is 6.61 Å². The summed E-state index contributed by atoms with van der Waals surface area (Å²) in [5, 5.41) is 0.945. The number of hydrogen-bond acceptors (Lipinski definition) is 4. The smallest absolute Gasteiger partial charge is 0.200 e. The van der Waals surface area contributed by atoms with Gasteiger partial charge in [-0.15, -0.1) is 0 Å². The van der Waals surface area contributed by atoms with Crippen molar-refractivity contribution in [2.75, 3.05) is 6.61 Å². The van der Waals surface area contributed by atoms with E-state index in [2.05, 4.69) is 4.98 Å². The zero-order chi connectivity index (χ0) is 12.1. The van der Waals surface area contributed by atoms with Gasteiger partial charge < -0.3 is 9.47 Å². The van der Waals surface area contributed by atoms with Crippen LogP contribution in [0.4, 0.5) is 0 Å². The van der Waals surface area contributed by atoms with Gasteiger partial charge in [0.15, 0.2) is 6.10 Å². The fourth-order valence-corrected chi connectivity index (χ4v) is 1.63. The first kappa shape index (κ1) is 13.5. The van der Waals surface area contributed by atoms with Gasteiger partial charge in [-0.3, -0.25) is 0 Å². The van der Waals surface area contributed by atoms with Crippen LogP contribution in [0, 0.1) is 0 Å².